The summed E-state index contributed by atoms with van der Waals surface area (Å²) >= 11 is 0. The van der Waals surface area contributed by atoms with Gasteiger partial charge >= 0.3 is 5.97 Å². The zero-order valence-corrected chi connectivity index (χ0v) is 35.0. The Kier molecular flexibility index (Phi) is 16.6. The fraction of sp³-hybridized carbons (Fsp3) is 0.436. The molecule has 1 saturated heterocycles. The Labute approximate surface area is 343 Å². The largest absolute Gasteiger partial charge is 0.493 e. The number of aromatic nitrogens is 3. The standard InChI is InChI=1S/C37H42N6O6.2CH4O3S/c1-46-32-21-25(19-27-22-40-37(39)41-35(27)38)18-26(34(32)47-2)10-8-24-9-11-29-31(20-24)43(28-6-4-3-5-7-28)23-30(33(29)44)36(45)49-17-14-42-12-15-48-16-13-42;2*1-5(2,3)4/h9,11,18,20-23,28H,3-7,12-17,19H2,1-2H3,(H4,38,39,40,41);2*1H3,(H,2,3,4). The van der Waals surface area contributed by atoms with Gasteiger partial charge in [-0.1, -0.05) is 31.1 Å². The lowest BCUT2D eigenvalue weighted by molar-refractivity contribution is 0.0194. The third kappa shape index (κ3) is 14.8. The molecule has 2 fully saturated rings. The molecule has 1 aliphatic carbocycles. The van der Waals surface area contributed by atoms with Crippen molar-refractivity contribution in [3.63, 3.8) is 0 Å². The van der Waals surface area contributed by atoms with Crippen LogP contribution in [0.5, 0.6) is 11.5 Å². The van der Waals surface area contributed by atoms with E-state index in [9.17, 15) is 26.4 Å². The van der Waals surface area contributed by atoms with E-state index in [1.54, 1.807) is 38.7 Å². The summed E-state index contributed by atoms with van der Waals surface area (Å²) in [6.45, 7) is 3.75. The molecule has 2 aliphatic rings. The topological polar surface area (TPSA) is 266 Å². The number of morpholine rings is 1. The minimum Gasteiger partial charge on any atom is -0.493 e. The van der Waals surface area contributed by atoms with Crippen LogP contribution in [-0.2, 0) is 36.1 Å². The highest BCUT2D eigenvalue weighted by molar-refractivity contribution is 7.85. The second-order valence-electron chi connectivity index (χ2n) is 13.8. The SMILES string of the molecule is COc1cc(Cc2cnc(N)nc2N)cc(C#Cc2ccc3c(=O)c(C(=O)OCCN4CCOCC4)cn(C4CCCCC4)c3c2)c1OC.CS(=O)(=O)O.CS(=O)(=O)O. The number of rotatable bonds is 9. The van der Waals surface area contributed by atoms with Crippen LogP contribution in [0.2, 0.25) is 0 Å². The first-order chi connectivity index (χ1) is 27.8. The van der Waals surface area contributed by atoms with Crippen molar-refractivity contribution in [3.05, 3.63) is 80.8 Å². The van der Waals surface area contributed by atoms with Crippen molar-refractivity contribution < 1.29 is 49.7 Å². The highest BCUT2D eigenvalue weighted by Gasteiger charge is 2.23. The third-order valence-electron chi connectivity index (χ3n) is 9.16. The number of carbonyl (C=O) groups excluding carboxylic acids is 1. The maximum absolute atomic E-state index is 13.7. The van der Waals surface area contributed by atoms with E-state index in [2.05, 4.69) is 31.3 Å². The maximum atomic E-state index is 13.7. The molecule has 2 aromatic carbocycles. The number of nitrogens with two attached hydrogens (primary N) is 2. The van der Waals surface area contributed by atoms with E-state index >= 15 is 0 Å². The molecule has 4 aromatic rings. The van der Waals surface area contributed by atoms with Crippen LogP contribution in [0.25, 0.3) is 10.9 Å². The van der Waals surface area contributed by atoms with Gasteiger partial charge in [0.15, 0.2) is 11.5 Å². The first kappa shape index (κ1) is 46.4. The normalized spacial score (nSPS) is 14.7. The fourth-order valence-electron chi connectivity index (χ4n) is 6.55. The van der Waals surface area contributed by atoms with Crippen LogP contribution in [0.3, 0.4) is 0 Å². The predicted octanol–water partition coefficient (Wildman–Crippen LogP) is 2.97. The summed E-state index contributed by atoms with van der Waals surface area (Å²) in [5, 5.41) is 0.461. The van der Waals surface area contributed by atoms with E-state index in [0.29, 0.717) is 72.5 Å². The number of hydrogen-bond acceptors (Lipinski definition) is 15. The van der Waals surface area contributed by atoms with E-state index < -0.39 is 26.2 Å². The Morgan fingerprint density at radius 1 is 0.966 bits per heavy atom. The van der Waals surface area contributed by atoms with Gasteiger partial charge in [0.2, 0.25) is 11.4 Å². The molecule has 0 amide bonds. The zero-order chi connectivity index (χ0) is 43.3. The summed E-state index contributed by atoms with van der Waals surface area (Å²) in [5.74, 6) is 7.35. The molecule has 1 aliphatic heterocycles. The fourth-order valence-corrected chi connectivity index (χ4v) is 6.55. The van der Waals surface area contributed by atoms with Gasteiger partial charge in [-0.05, 0) is 48.7 Å². The van der Waals surface area contributed by atoms with E-state index in [1.807, 2.05) is 18.2 Å². The number of nitrogens with zero attached hydrogens (tertiary/aromatic N) is 4. The molecule has 320 valence electrons. The summed E-state index contributed by atoms with van der Waals surface area (Å²) in [7, 11) is -4.19. The van der Waals surface area contributed by atoms with Crippen LogP contribution in [0, 0.1) is 11.8 Å². The molecule has 0 atom stereocenters. The van der Waals surface area contributed by atoms with Crippen molar-refractivity contribution >= 4 is 48.9 Å². The van der Waals surface area contributed by atoms with E-state index in [4.69, 9.17) is 39.5 Å². The minimum atomic E-state index is -3.67. The van der Waals surface area contributed by atoms with Crippen LogP contribution < -0.4 is 26.4 Å². The van der Waals surface area contributed by atoms with Gasteiger partial charge in [0.1, 0.15) is 18.0 Å². The van der Waals surface area contributed by atoms with Crippen LogP contribution in [0.4, 0.5) is 11.8 Å². The van der Waals surface area contributed by atoms with Gasteiger partial charge in [0, 0.05) is 61.0 Å². The van der Waals surface area contributed by atoms with Gasteiger partial charge in [0.25, 0.3) is 20.2 Å². The number of fused-ring (bicyclic) bond motifs is 1. The number of nitrogen functional groups attached to an aromatic ring is 2. The molecule has 6 N–H and O–H groups in total. The molecule has 3 heterocycles. The molecule has 20 heteroatoms. The first-order valence-electron chi connectivity index (χ1n) is 18.5. The quantitative estimate of drug-likeness (QED) is 0.107. The van der Waals surface area contributed by atoms with E-state index in [-0.39, 0.29) is 29.6 Å². The van der Waals surface area contributed by atoms with Crippen molar-refractivity contribution in [2.75, 3.05) is 77.7 Å². The van der Waals surface area contributed by atoms with Crippen molar-refractivity contribution in [3.8, 4) is 23.3 Å². The Morgan fingerprint density at radius 3 is 2.24 bits per heavy atom. The van der Waals surface area contributed by atoms with Gasteiger partial charge in [-0.3, -0.25) is 18.8 Å². The summed E-state index contributed by atoms with van der Waals surface area (Å²) in [6, 6.07) is 9.42. The Balaban J connectivity index is 0.000000688. The van der Waals surface area contributed by atoms with Crippen molar-refractivity contribution in [1.29, 1.82) is 0 Å². The average Bonchev–Trinajstić information content (AvgIpc) is 3.17. The molecule has 0 spiro atoms. The highest BCUT2D eigenvalue weighted by atomic mass is 32.2. The van der Waals surface area contributed by atoms with E-state index in [0.717, 1.165) is 55.4 Å². The number of pyridine rings is 1. The van der Waals surface area contributed by atoms with Gasteiger partial charge < -0.3 is 35.0 Å². The van der Waals surface area contributed by atoms with Gasteiger partial charge in [-0.2, -0.15) is 21.8 Å². The number of ether oxygens (including phenoxy) is 4. The van der Waals surface area contributed by atoms with Crippen molar-refractivity contribution in [2.45, 2.75) is 44.6 Å². The minimum absolute atomic E-state index is 0.0553. The molecule has 0 radical (unpaired) electrons. The average molecular weight is 859 g/mol. The summed E-state index contributed by atoms with van der Waals surface area (Å²) in [5.41, 5.74) is 15.1. The number of carbonyl (C=O) groups is 1. The van der Waals surface area contributed by atoms with E-state index in [1.165, 1.54) is 6.42 Å². The Hall–Kier alpha value is -5.30. The van der Waals surface area contributed by atoms with Crippen LogP contribution in [0.1, 0.15) is 70.8 Å². The van der Waals surface area contributed by atoms with Gasteiger partial charge in [-0.25, -0.2) is 9.78 Å². The lowest BCUT2D eigenvalue weighted by Gasteiger charge is -2.27. The summed E-state index contributed by atoms with van der Waals surface area (Å²) in [4.78, 5) is 37.3. The van der Waals surface area contributed by atoms with Crippen LogP contribution >= 0.6 is 0 Å². The maximum Gasteiger partial charge on any atom is 0.343 e. The van der Waals surface area contributed by atoms with Crippen molar-refractivity contribution in [1.82, 2.24) is 19.4 Å². The summed E-state index contributed by atoms with van der Waals surface area (Å²) in [6.07, 6.45) is 10.4. The molecule has 0 bridgehead atoms. The van der Waals surface area contributed by atoms with Crippen LogP contribution in [-0.4, -0.2) is 118 Å². The number of methoxy groups -OCH3 is 2. The molecular weight excluding hydrogens is 809 g/mol. The lowest BCUT2D eigenvalue weighted by atomic mass is 9.94. The second-order valence-corrected chi connectivity index (χ2v) is 16.7. The van der Waals surface area contributed by atoms with Crippen molar-refractivity contribution in [2.24, 2.45) is 0 Å². The molecule has 6 rings (SSSR count). The molecule has 59 heavy (non-hydrogen) atoms. The summed E-state index contributed by atoms with van der Waals surface area (Å²) < 4.78 is 76.2. The van der Waals surface area contributed by atoms with Gasteiger partial charge in [0.05, 0.1) is 51.0 Å². The highest BCUT2D eigenvalue weighted by Crippen LogP contribution is 2.34. The molecule has 0 unspecified atom stereocenters. The zero-order valence-electron chi connectivity index (χ0n) is 33.3. The molecule has 18 nitrogen and oxygen atoms in total. The number of anilines is 2. The molecule has 2 aromatic heterocycles. The predicted molar refractivity (Wildman–Crippen MR) is 222 cm³/mol. The van der Waals surface area contributed by atoms with Crippen LogP contribution in [0.15, 0.2) is 47.5 Å². The number of esters is 1. The molecule has 1 saturated carbocycles. The Morgan fingerprint density at radius 2 is 1.63 bits per heavy atom. The smallest absolute Gasteiger partial charge is 0.343 e. The molecular formula is C39H50N6O12S2. The number of benzene rings is 2. The Bertz CT molecular complexity index is 2410. The monoisotopic (exact) mass is 858 g/mol. The lowest BCUT2D eigenvalue weighted by Crippen LogP contribution is -2.38. The number of hydrogen-bond donors (Lipinski definition) is 4. The second kappa shape index (κ2) is 21.1. The first-order valence-corrected chi connectivity index (χ1v) is 22.2. The van der Waals surface area contributed by atoms with Gasteiger partial charge in [-0.15, -0.1) is 0 Å². The third-order valence-corrected chi connectivity index (χ3v) is 9.16.